The SMILES string of the molecule is Cc1cnc(CNC2CC3CCC(C2)N3C(=O)OC(C)(C)C)o1. The van der Waals surface area contributed by atoms with Crippen LogP contribution in [0.3, 0.4) is 0 Å². The largest absolute Gasteiger partial charge is 0.445 e. The quantitative estimate of drug-likeness (QED) is 0.927. The lowest BCUT2D eigenvalue weighted by molar-refractivity contribution is 0.00456. The number of hydrogen-bond acceptors (Lipinski definition) is 5. The second kappa shape index (κ2) is 6.15. The van der Waals surface area contributed by atoms with Crippen LogP contribution >= 0.6 is 0 Å². The van der Waals surface area contributed by atoms with Crippen LogP contribution in [0.25, 0.3) is 0 Å². The van der Waals surface area contributed by atoms with E-state index >= 15 is 0 Å². The van der Waals surface area contributed by atoms with E-state index in [1.54, 1.807) is 6.20 Å². The van der Waals surface area contributed by atoms with E-state index in [2.05, 4.69) is 10.3 Å². The van der Waals surface area contributed by atoms with Gasteiger partial charge >= 0.3 is 6.09 Å². The van der Waals surface area contributed by atoms with E-state index in [-0.39, 0.29) is 18.2 Å². The van der Waals surface area contributed by atoms with Crippen molar-refractivity contribution in [1.82, 2.24) is 15.2 Å². The smallest absolute Gasteiger partial charge is 0.410 e. The van der Waals surface area contributed by atoms with Crippen LogP contribution in [0.1, 0.15) is 58.1 Å². The fourth-order valence-electron chi connectivity index (χ4n) is 3.67. The molecule has 2 aliphatic rings. The van der Waals surface area contributed by atoms with Crippen molar-refractivity contribution in [2.45, 2.75) is 83.6 Å². The van der Waals surface area contributed by atoms with Crippen LogP contribution in [0.4, 0.5) is 4.79 Å². The fraction of sp³-hybridized carbons (Fsp3) is 0.765. The molecule has 1 N–H and O–H groups in total. The summed E-state index contributed by atoms with van der Waals surface area (Å²) in [5, 5.41) is 3.52. The summed E-state index contributed by atoms with van der Waals surface area (Å²) in [7, 11) is 0. The van der Waals surface area contributed by atoms with Gasteiger partial charge in [-0.2, -0.15) is 0 Å². The molecule has 1 aromatic rings. The molecule has 0 aromatic carbocycles. The van der Waals surface area contributed by atoms with Gasteiger partial charge in [0.25, 0.3) is 0 Å². The molecule has 2 unspecified atom stereocenters. The minimum absolute atomic E-state index is 0.160. The maximum atomic E-state index is 12.4. The summed E-state index contributed by atoms with van der Waals surface area (Å²) < 4.78 is 11.1. The Morgan fingerprint density at radius 1 is 1.39 bits per heavy atom. The predicted molar refractivity (Wildman–Crippen MR) is 86.0 cm³/mol. The third kappa shape index (κ3) is 3.86. The zero-order valence-corrected chi connectivity index (χ0v) is 14.5. The molecule has 1 amide bonds. The maximum absolute atomic E-state index is 12.4. The van der Waals surface area contributed by atoms with Gasteiger partial charge in [0.15, 0.2) is 0 Å². The van der Waals surface area contributed by atoms with Gasteiger partial charge < -0.3 is 19.4 Å². The highest BCUT2D eigenvalue weighted by atomic mass is 16.6. The Labute approximate surface area is 137 Å². The number of aromatic nitrogens is 1. The first-order valence-corrected chi connectivity index (χ1v) is 8.48. The van der Waals surface area contributed by atoms with E-state index in [1.807, 2.05) is 32.6 Å². The molecule has 2 fully saturated rings. The van der Waals surface area contributed by atoms with Crippen molar-refractivity contribution in [2.24, 2.45) is 0 Å². The Morgan fingerprint density at radius 2 is 2.04 bits per heavy atom. The molecule has 6 nitrogen and oxygen atoms in total. The van der Waals surface area contributed by atoms with E-state index in [0.29, 0.717) is 12.6 Å². The number of aryl methyl sites for hydroxylation is 1. The first-order valence-electron chi connectivity index (χ1n) is 8.48. The molecule has 0 aliphatic carbocycles. The molecule has 3 heterocycles. The van der Waals surface area contributed by atoms with Crippen LogP contribution < -0.4 is 5.32 Å². The van der Waals surface area contributed by atoms with E-state index in [4.69, 9.17) is 9.15 Å². The molecule has 0 radical (unpaired) electrons. The first kappa shape index (κ1) is 16.3. The minimum Gasteiger partial charge on any atom is -0.445 e. The minimum atomic E-state index is -0.436. The van der Waals surface area contributed by atoms with Crippen molar-refractivity contribution >= 4 is 6.09 Å². The summed E-state index contributed by atoms with van der Waals surface area (Å²) in [6, 6.07) is 0.971. The Kier molecular flexibility index (Phi) is 4.36. The number of carbonyl (C=O) groups excluding carboxylic acids is 1. The zero-order valence-electron chi connectivity index (χ0n) is 14.5. The van der Waals surface area contributed by atoms with Crippen LogP contribution in [-0.4, -0.2) is 39.7 Å². The van der Waals surface area contributed by atoms with Gasteiger partial charge in [0.05, 0.1) is 12.7 Å². The third-order valence-electron chi connectivity index (χ3n) is 4.55. The van der Waals surface area contributed by atoms with Crippen molar-refractivity contribution in [3.05, 3.63) is 17.8 Å². The number of ether oxygens (including phenoxy) is 1. The lowest BCUT2D eigenvalue weighted by atomic mass is 9.98. The van der Waals surface area contributed by atoms with Crippen molar-refractivity contribution in [2.75, 3.05) is 0 Å². The van der Waals surface area contributed by atoms with E-state index in [0.717, 1.165) is 37.3 Å². The average molecular weight is 321 g/mol. The molecule has 6 heteroatoms. The standard InChI is InChI=1S/C17H27N3O3/c1-11-9-19-15(22-11)10-18-12-7-13-5-6-14(8-12)20(13)16(21)23-17(2,3)4/h9,12-14,18H,5-8,10H2,1-4H3. The fourth-order valence-corrected chi connectivity index (χ4v) is 3.67. The normalized spacial score (nSPS) is 27.3. The van der Waals surface area contributed by atoms with E-state index in [1.165, 1.54) is 0 Å². The Bertz CT molecular complexity index is 550. The highest BCUT2D eigenvalue weighted by Crippen LogP contribution is 2.36. The van der Waals surface area contributed by atoms with Gasteiger partial charge in [-0.25, -0.2) is 9.78 Å². The molecule has 3 rings (SSSR count). The Balaban J connectivity index is 1.55. The summed E-state index contributed by atoms with van der Waals surface area (Å²) in [6.45, 7) is 8.29. The number of rotatable bonds is 3. The zero-order chi connectivity index (χ0) is 16.6. The number of amides is 1. The van der Waals surface area contributed by atoms with E-state index in [9.17, 15) is 4.79 Å². The van der Waals surface area contributed by atoms with Crippen molar-refractivity contribution in [3.63, 3.8) is 0 Å². The number of oxazole rings is 1. The molecule has 128 valence electrons. The van der Waals surface area contributed by atoms with Crippen LogP contribution in [0.15, 0.2) is 10.6 Å². The van der Waals surface area contributed by atoms with Gasteiger partial charge in [-0.15, -0.1) is 0 Å². The molecular weight excluding hydrogens is 294 g/mol. The van der Waals surface area contributed by atoms with Gasteiger partial charge in [0.2, 0.25) is 5.89 Å². The maximum Gasteiger partial charge on any atom is 0.410 e. The van der Waals surface area contributed by atoms with Gasteiger partial charge in [-0.1, -0.05) is 0 Å². The van der Waals surface area contributed by atoms with Crippen LogP contribution in [0.2, 0.25) is 0 Å². The summed E-state index contributed by atoms with van der Waals surface area (Å²) >= 11 is 0. The number of carbonyl (C=O) groups is 1. The molecule has 2 atom stereocenters. The molecular formula is C17H27N3O3. The number of nitrogens with zero attached hydrogens (tertiary/aromatic N) is 2. The third-order valence-corrected chi connectivity index (χ3v) is 4.55. The van der Waals surface area contributed by atoms with Crippen molar-refractivity contribution in [3.8, 4) is 0 Å². The summed E-state index contributed by atoms with van der Waals surface area (Å²) in [6.07, 6.45) is 5.66. The lowest BCUT2D eigenvalue weighted by Crippen LogP contribution is -2.52. The number of nitrogens with one attached hydrogen (secondary N) is 1. The molecule has 0 saturated carbocycles. The highest BCUT2D eigenvalue weighted by molar-refractivity contribution is 5.69. The average Bonchev–Trinajstić information content (AvgIpc) is 2.96. The highest BCUT2D eigenvalue weighted by Gasteiger charge is 2.44. The van der Waals surface area contributed by atoms with Gasteiger partial charge in [0.1, 0.15) is 11.4 Å². The molecule has 1 aromatic heterocycles. The Morgan fingerprint density at radius 3 is 2.57 bits per heavy atom. The topological polar surface area (TPSA) is 67.6 Å². The van der Waals surface area contributed by atoms with E-state index < -0.39 is 5.60 Å². The number of piperidine rings is 1. The second-order valence-electron chi connectivity index (χ2n) is 7.69. The monoisotopic (exact) mass is 321 g/mol. The number of hydrogen-bond donors (Lipinski definition) is 1. The Hall–Kier alpha value is -1.56. The first-order chi connectivity index (χ1) is 10.8. The van der Waals surface area contributed by atoms with Gasteiger partial charge in [-0.05, 0) is 53.4 Å². The molecule has 2 bridgehead atoms. The summed E-state index contributed by atoms with van der Waals surface area (Å²) in [4.78, 5) is 18.6. The second-order valence-corrected chi connectivity index (χ2v) is 7.69. The molecule has 0 spiro atoms. The lowest BCUT2D eigenvalue weighted by Gasteiger charge is -2.39. The molecule has 2 aliphatic heterocycles. The number of fused-ring (bicyclic) bond motifs is 2. The van der Waals surface area contributed by atoms with Crippen LogP contribution in [0.5, 0.6) is 0 Å². The molecule has 23 heavy (non-hydrogen) atoms. The predicted octanol–water partition coefficient (Wildman–Crippen LogP) is 3.00. The van der Waals surface area contributed by atoms with Crippen molar-refractivity contribution in [1.29, 1.82) is 0 Å². The van der Waals surface area contributed by atoms with Crippen LogP contribution in [-0.2, 0) is 11.3 Å². The summed E-state index contributed by atoms with van der Waals surface area (Å²) in [5.41, 5.74) is -0.436. The summed E-state index contributed by atoms with van der Waals surface area (Å²) in [5.74, 6) is 1.56. The molecule has 2 saturated heterocycles. The van der Waals surface area contributed by atoms with Gasteiger partial charge in [0, 0.05) is 18.1 Å². The van der Waals surface area contributed by atoms with Gasteiger partial charge in [-0.3, -0.25) is 0 Å². The van der Waals surface area contributed by atoms with Crippen LogP contribution in [0, 0.1) is 6.92 Å². The van der Waals surface area contributed by atoms with Crippen molar-refractivity contribution < 1.29 is 13.9 Å².